The SMILES string of the molecule is COc1ccc(CCNC(=O)COc2ccc(-n3cnnn3)cc2)cc1. The number of carbonyl (C=O) groups is 1. The Hall–Kier alpha value is -3.42. The van der Waals surface area contributed by atoms with Crippen molar-refractivity contribution in [2.45, 2.75) is 6.42 Å². The minimum absolute atomic E-state index is 0.0349. The highest BCUT2D eigenvalue weighted by molar-refractivity contribution is 5.77. The Morgan fingerprint density at radius 1 is 1.08 bits per heavy atom. The highest BCUT2D eigenvalue weighted by Gasteiger charge is 2.04. The zero-order chi connectivity index (χ0) is 18.2. The van der Waals surface area contributed by atoms with Gasteiger partial charge in [0.05, 0.1) is 12.8 Å². The van der Waals surface area contributed by atoms with Gasteiger partial charge in [0.2, 0.25) is 0 Å². The molecule has 1 aromatic heterocycles. The summed E-state index contributed by atoms with van der Waals surface area (Å²) < 4.78 is 12.1. The third kappa shape index (κ3) is 4.79. The Balaban J connectivity index is 1.39. The van der Waals surface area contributed by atoms with Crippen LogP contribution >= 0.6 is 0 Å². The summed E-state index contributed by atoms with van der Waals surface area (Å²) in [4.78, 5) is 11.9. The fourth-order valence-corrected chi connectivity index (χ4v) is 2.31. The first-order valence-corrected chi connectivity index (χ1v) is 8.10. The van der Waals surface area contributed by atoms with Crippen LogP contribution in [0, 0.1) is 0 Å². The second-order valence-electron chi connectivity index (χ2n) is 5.48. The van der Waals surface area contributed by atoms with Crippen molar-refractivity contribution in [3.8, 4) is 17.2 Å². The van der Waals surface area contributed by atoms with Gasteiger partial charge in [0.25, 0.3) is 5.91 Å². The van der Waals surface area contributed by atoms with Gasteiger partial charge in [0, 0.05) is 6.54 Å². The molecule has 134 valence electrons. The van der Waals surface area contributed by atoms with Gasteiger partial charge >= 0.3 is 0 Å². The van der Waals surface area contributed by atoms with Gasteiger partial charge in [0.1, 0.15) is 17.8 Å². The molecule has 0 bridgehead atoms. The standard InChI is InChI=1S/C18H19N5O3/c1-25-16-6-2-14(3-7-16)10-11-19-18(24)12-26-17-8-4-15(5-9-17)23-13-20-21-22-23/h2-9,13H,10-12H2,1H3,(H,19,24). The summed E-state index contributed by atoms with van der Waals surface area (Å²) in [6, 6.07) is 14.9. The van der Waals surface area contributed by atoms with Crippen LogP contribution in [0.3, 0.4) is 0 Å². The first-order valence-electron chi connectivity index (χ1n) is 8.10. The minimum atomic E-state index is -0.164. The van der Waals surface area contributed by atoms with E-state index in [1.165, 1.54) is 11.0 Å². The molecule has 0 fully saturated rings. The van der Waals surface area contributed by atoms with Crippen LogP contribution in [0.15, 0.2) is 54.9 Å². The van der Waals surface area contributed by atoms with Gasteiger partial charge in [-0.25, -0.2) is 4.68 Å². The Morgan fingerprint density at radius 3 is 2.46 bits per heavy atom. The van der Waals surface area contributed by atoms with E-state index in [1.807, 2.05) is 36.4 Å². The molecule has 0 radical (unpaired) electrons. The molecule has 0 spiro atoms. The third-order valence-corrected chi connectivity index (χ3v) is 3.72. The molecule has 8 nitrogen and oxygen atoms in total. The summed E-state index contributed by atoms with van der Waals surface area (Å²) in [5.74, 6) is 1.26. The maximum atomic E-state index is 11.9. The smallest absolute Gasteiger partial charge is 0.257 e. The quantitative estimate of drug-likeness (QED) is 0.658. The number of rotatable bonds is 8. The number of carbonyl (C=O) groups excluding carboxylic acids is 1. The van der Waals surface area contributed by atoms with E-state index in [4.69, 9.17) is 9.47 Å². The average Bonchev–Trinajstić information content (AvgIpc) is 3.22. The van der Waals surface area contributed by atoms with Crippen LogP contribution in [0.25, 0.3) is 5.69 Å². The predicted molar refractivity (Wildman–Crippen MR) is 94.4 cm³/mol. The molecule has 0 aliphatic rings. The summed E-state index contributed by atoms with van der Waals surface area (Å²) in [5.41, 5.74) is 1.94. The number of nitrogens with zero attached hydrogens (tertiary/aromatic N) is 4. The summed E-state index contributed by atoms with van der Waals surface area (Å²) in [5, 5.41) is 13.8. The normalized spacial score (nSPS) is 10.3. The highest BCUT2D eigenvalue weighted by Crippen LogP contribution is 2.14. The van der Waals surface area contributed by atoms with Crippen molar-refractivity contribution in [3.63, 3.8) is 0 Å². The van der Waals surface area contributed by atoms with Gasteiger partial charge in [-0.15, -0.1) is 5.10 Å². The van der Waals surface area contributed by atoms with Crippen LogP contribution in [-0.2, 0) is 11.2 Å². The number of aromatic nitrogens is 4. The molecule has 0 aliphatic heterocycles. The molecule has 0 saturated carbocycles. The maximum absolute atomic E-state index is 11.9. The number of ether oxygens (including phenoxy) is 2. The van der Waals surface area contributed by atoms with Gasteiger partial charge in [-0.05, 0) is 58.8 Å². The molecule has 0 atom stereocenters. The number of hydrogen-bond donors (Lipinski definition) is 1. The maximum Gasteiger partial charge on any atom is 0.257 e. The van der Waals surface area contributed by atoms with E-state index >= 15 is 0 Å². The number of methoxy groups -OCH3 is 1. The van der Waals surface area contributed by atoms with Crippen LogP contribution in [0.2, 0.25) is 0 Å². The Morgan fingerprint density at radius 2 is 1.81 bits per heavy atom. The molecule has 1 heterocycles. The average molecular weight is 353 g/mol. The van der Waals surface area contributed by atoms with E-state index in [9.17, 15) is 4.79 Å². The topological polar surface area (TPSA) is 91.2 Å². The molecule has 8 heteroatoms. The predicted octanol–water partition coefficient (Wildman–Crippen LogP) is 1.41. The van der Waals surface area contributed by atoms with Crippen LogP contribution in [0.5, 0.6) is 11.5 Å². The Bertz CT molecular complexity index is 817. The van der Waals surface area contributed by atoms with Crippen molar-refractivity contribution >= 4 is 5.91 Å². The minimum Gasteiger partial charge on any atom is -0.497 e. The van der Waals surface area contributed by atoms with Crippen LogP contribution in [-0.4, -0.2) is 46.4 Å². The Labute approximate surface area is 150 Å². The lowest BCUT2D eigenvalue weighted by Gasteiger charge is -2.08. The summed E-state index contributed by atoms with van der Waals surface area (Å²) >= 11 is 0. The van der Waals surface area contributed by atoms with Gasteiger partial charge in [0.15, 0.2) is 6.61 Å². The van der Waals surface area contributed by atoms with Crippen molar-refractivity contribution in [1.82, 2.24) is 25.5 Å². The molecule has 1 amide bonds. The molecule has 26 heavy (non-hydrogen) atoms. The monoisotopic (exact) mass is 353 g/mol. The molecule has 0 aliphatic carbocycles. The first-order chi connectivity index (χ1) is 12.7. The van der Waals surface area contributed by atoms with E-state index in [1.54, 1.807) is 19.2 Å². The number of hydrogen-bond acceptors (Lipinski definition) is 6. The second-order valence-corrected chi connectivity index (χ2v) is 5.48. The zero-order valence-corrected chi connectivity index (χ0v) is 14.3. The van der Waals surface area contributed by atoms with Crippen molar-refractivity contribution in [2.24, 2.45) is 0 Å². The number of benzene rings is 2. The van der Waals surface area contributed by atoms with Gasteiger partial charge in [-0.3, -0.25) is 4.79 Å². The number of amides is 1. The van der Waals surface area contributed by atoms with Crippen molar-refractivity contribution in [3.05, 3.63) is 60.4 Å². The van der Waals surface area contributed by atoms with E-state index in [0.29, 0.717) is 12.3 Å². The zero-order valence-electron chi connectivity index (χ0n) is 14.3. The summed E-state index contributed by atoms with van der Waals surface area (Å²) in [7, 11) is 1.63. The highest BCUT2D eigenvalue weighted by atomic mass is 16.5. The molecule has 2 aromatic carbocycles. The molecule has 3 rings (SSSR count). The Kier molecular flexibility index (Phi) is 5.76. The third-order valence-electron chi connectivity index (χ3n) is 3.72. The van der Waals surface area contributed by atoms with Crippen LogP contribution in [0.1, 0.15) is 5.56 Å². The van der Waals surface area contributed by atoms with Gasteiger partial charge < -0.3 is 14.8 Å². The molecule has 0 saturated heterocycles. The lowest BCUT2D eigenvalue weighted by molar-refractivity contribution is -0.123. The van der Waals surface area contributed by atoms with Crippen molar-refractivity contribution in [1.29, 1.82) is 0 Å². The second kappa shape index (κ2) is 8.61. The molecule has 1 N–H and O–H groups in total. The fourth-order valence-electron chi connectivity index (χ4n) is 2.31. The summed E-state index contributed by atoms with van der Waals surface area (Å²) in [6.07, 6.45) is 2.25. The fraction of sp³-hybridized carbons (Fsp3) is 0.222. The van der Waals surface area contributed by atoms with E-state index < -0.39 is 0 Å². The largest absolute Gasteiger partial charge is 0.497 e. The van der Waals surface area contributed by atoms with Crippen LogP contribution < -0.4 is 14.8 Å². The summed E-state index contributed by atoms with van der Waals surface area (Å²) in [6.45, 7) is 0.513. The van der Waals surface area contributed by atoms with E-state index in [-0.39, 0.29) is 12.5 Å². The van der Waals surface area contributed by atoms with Crippen LogP contribution in [0.4, 0.5) is 0 Å². The van der Waals surface area contributed by atoms with Crippen molar-refractivity contribution in [2.75, 3.05) is 20.3 Å². The van der Waals surface area contributed by atoms with Crippen molar-refractivity contribution < 1.29 is 14.3 Å². The lowest BCUT2D eigenvalue weighted by Crippen LogP contribution is -2.30. The van der Waals surface area contributed by atoms with E-state index in [2.05, 4.69) is 20.8 Å². The molecule has 3 aromatic rings. The molecule has 0 unspecified atom stereocenters. The molecular formula is C18H19N5O3. The lowest BCUT2D eigenvalue weighted by atomic mass is 10.1. The van der Waals surface area contributed by atoms with E-state index in [0.717, 1.165) is 23.4 Å². The van der Waals surface area contributed by atoms with Gasteiger partial charge in [-0.1, -0.05) is 12.1 Å². The number of tetrazole rings is 1. The number of nitrogens with one attached hydrogen (secondary N) is 1. The first kappa shape index (κ1) is 17.4. The van der Waals surface area contributed by atoms with Gasteiger partial charge in [-0.2, -0.15) is 0 Å². The molecular weight excluding hydrogens is 334 g/mol.